The molecule has 0 bridgehead atoms. The van der Waals surface area contributed by atoms with E-state index >= 15 is 0 Å². The van der Waals surface area contributed by atoms with Crippen molar-refractivity contribution in [3.8, 4) is 6.01 Å². The fraction of sp³-hybridized carbons (Fsp3) is 0.412. The number of carbonyl (C=O) groups is 1. The van der Waals surface area contributed by atoms with E-state index in [0.29, 0.717) is 15.1 Å². The molecule has 1 N–H and O–H groups in total. The molecule has 1 amide bonds. The van der Waals surface area contributed by atoms with Crippen LogP contribution >= 0.6 is 22.6 Å². The molecule has 3 rings (SSSR count). The van der Waals surface area contributed by atoms with E-state index in [4.69, 9.17) is 4.74 Å². The lowest BCUT2D eigenvalue weighted by Crippen LogP contribution is -2.27. The molecule has 0 atom stereocenters. The Morgan fingerprint density at radius 2 is 2.04 bits per heavy atom. The number of halogens is 3. The Balaban J connectivity index is 1.80. The van der Waals surface area contributed by atoms with Gasteiger partial charge in [0.05, 0.1) is 23.9 Å². The van der Waals surface area contributed by atoms with Gasteiger partial charge in [0.15, 0.2) is 5.82 Å². The Morgan fingerprint density at radius 3 is 2.63 bits per heavy atom. The predicted octanol–water partition coefficient (Wildman–Crippen LogP) is 3.36. The third kappa shape index (κ3) is 4.79. The number of pyridine rings is 1. The van der Waals surface area contributed by atoms with E-state index < -0.39 is 18.4 Å². The first-order valence-corrected chi connectivity index (χ1v) is 9.40. The summed E-state index contributed by atoms with van der Waals surface area (Å²) in [4.78, 5) is 26.3. The van der Waals surface area contributed by atoms with Gasteiger partial charge in [-0.15, -0.1) is 0 Å². The Bertz CT molecular complexity index is 833. The van der Waals surface area contributed by atoms with Crippen molar-refractivity contribution in [3.63, 3.8) is 0 Å². The highest BCUT2D eigenvalue weighted by molar-refractivity contribution is 14.1. The number of hydrogen-bond donors (Lipinski definition) is 1. The largest absolute Gasteiger partial charge is 0.461 e. The second kappa shape index (κ2) is 7.87. The van der Waals surface area contributed by atoms with Gasteiger partial charge in [-0.05, 0) is 42.5 Å². The number of ether oxygens (including phenoxy) is 1. The number of nitrogens with one attached hydrogen (secondary N) is 1. The van der Waals surface area contributed by atoms with E-state index in [9.17, 15) is 13.6 Å². The van der Waals surface area contributed by atoms with Gasteiger partial charge in [-0.1, -0.05) is 0 Å². The monoisotopic (exact) mass is 489 g/mol. The zero-order valence-electron chi connectivity index (χ0n) is 14.7. The maximum absolute atomic E-state index is 13.6. The molecule has 10 heteroatoms. The van der Waals surface area contributed by atoms with Crippen LogP contribution in [-0.4, -0.2) is 46.0 Å². The highest BCUT2D eigenvalue weighted by Gasteiger charge is 2.39. The number of carbonyl (C=O) groups excluding carboxylic acids is 1. The average Bonchev–Trinajstić information content (AvgIpc) is 2.96. The molecule has 0 aliphatic carbocycles. The third-order valence-corrected chi connectivity index (χ3v) is 4.72. The minimum atomic E-state index is -2.76. The van der Waals surface area contributed by atoms with Gasteiger partial charge in [0.2, 0.25) is 0 Å². The van der Waals surface area contributed by atoms with Crippen molar-refractivity contribution in [3.05, 3.63) is 33.8 Å². The van der Waals surface area contributed by atoms with Crippen LogP contribution in [0, 0.1) is 3.57 Å². The SMILES string of the molecule is CC(C)Oc1ncc(C(=O)Nc2c(I)ccnc2N2CCC(F)(F)C2)cn1. The molecule has 2 aromatic rings. The number of rotatable bonds is 5. The van der Waals surface area contributed by atoms with Crippen LogP contribution in [0.3, 0.4) is 0 Å². The number of nitrogens with zero attached hydrogens (tertiary/aromatic N) is 4. The van der Waals surface area contributed by atoms with E-state index in [1.807, 2.05) is 36.4 Å². The van der Waals surface area contributed by atoms with E-state index in [0.717, 1.165) is 0 Å². The molecule has 1 fully saturated rings. The smallest absolute Gasteiger partial charge is 0.316 e. The molecule has 0 unspecified atom stereocenters. The zero-order chi connectivity index (χ0) is 19.6. The van der Waals surface area contributed by atoms with E-state index in [-0.39, 0.29) is 30.6 Å². The van der Waals surface area contributed by atoms with Crippen LogP contribution in [0.25, 0.3) is 0 Å². The summed E-state index contributed by atoms with van der Waals surface area (Å²) in [6.07, 6.45) is 3.92. The van der Waals surface area contributed by atoms with Crippen LogP contribution in [0.1, 0.15) is 30.6 Å². The number of aromatic nitrogens is 3. The van der Waals surface area contributed by atoms with Crippen molar-refractivity contribution in [1.82, 2.24) is 15.0 Å². The fourth-order valence-corrected chi connectivity index (χ4v) is 3.13. The van der Waals surface area contributed by atoms with Gasteiger partial charge in [-0.25, -0.2) is 23.7 Å². The highest BCUT2D eigenvalue weighted by Crippen LogP contribution is 2.35. The average molecular weight is 489 g/mol. The fourth-order valence-electron chi connectivity index (χ4n) is 2.59. The summed E-state index contributed by atoms with van der Waals surface area (Å²) in [5.74, 6) is -2.89. The first-order chi connectivity index (χ1) is 12.7. The Kier molecular flexibility index (Phi) is 5.72. The molecular weight excluding hydrogens is 471 g/mol. The standard InChI is InChI=1S/C17H18F2IN5O2/c1-10(2)27-16-22-7-11(8-23-16)15(26)24-13-12(20)3-5-21-14(13)25-6-4-17(18,19)9-25/h3,5,7-8,10H,4,6,9H2,1-2H3,(H,24,26). The molecule has 144 valence electrons. The van der Waals surface area contributed by atoms with Gasteiger partial charge in [0, 0.05) is 35.1 Å². The quantitative estimate of drug-likeness (QED) is 0.650. The van der Waals surface area contributed by atoms with Gasteiger partial charge in [0.1, 0.15) is 0 Å². The first kappa shape index (κ1) is 19.6. The lowest BCUT2D eigenvalue weighted by molar-refractivity contribution is 0.0257. The molecule has 1 aliphatic heterocycles. The highest BCUT2D eigenvalue weighted by atomic mass is 127. The molecule has 7 nitrogen and oxygen atoms in total. The summed E-state index contributed by atoms with van der Waals surface area (Å²) in [7, 11) is 0. The van der Waals surface area contributed by atoms with Crippen LogP contribution in [0.15, 0.2) is 24.7 Å². The summed E-state index contributed by atoms with van der Waals surface area (Å²) in [6, 6.07) is 1.88. The minimum Gasteiger partial charge on any atom is -0.461 e. The van der Waals surface area contributed by atoms with Gasteiger partial charge >= 0.3 is 6.01 Å². The van der Waals surface area contributed by atoms with Crippen molar-refractivity contribution >= 4 is 40.0 Å². The van der Waals surface area contributed by atoms with E-state index in [1.54, 1.807) is 6.07 Å². The van der Waals surface area contributed by atoms with E-state index in [2.05, 4.69) is 20.3 Å². The Morgan fingerprint density at radius 1 is 1.33 bits per heavy atom. The van der Waals surface area contributed by atoms with Gasteiger partial charge in [-0.3, -0.25) is 4.79 Å². The topological polar surface area (TPSA) is 80.2 Å². The van der Waals surface area contributed by atoms with Crippen LogP contribution in [0.4, 0.5) is 20.3 Å². The summed E-state index contributed by atoms with van der Waals surface area (Å²) in [5.41, 5.74) is 0.617. The number of anilines is 2. The maximum Gasteiger partial charge on any atom is 0.316 e. The Hall–Kier alpha value is -2.11. The second-order valence-electron chi connectivity index (χ2n) is 6.39. The molecule has 0 saturated carbocycles. The van der Waals surface area contributed by atoms with Crippen molar-refractivity contribution in [1.29, 1.82) is 0 Å². The molecule has 0 aromatic carbocycles. The minimum absolute atomic E-state index is 0.0807. The normalized spacial score (nSPS) is 15.9. The number of amides is 1. The maximum atomic E-state index is 13.6. The molecule has 0 spiro atoms. The predicted molar refractivity (Wildman–Crippen MR) is 104 cm³/mol. The van der Waals surface area contributed by atoms with Gasteiger partial charge < -0.3 is 15.0 Å². The van der Waals surface area contributed by atoms with Crippen molar-refractivity contribution in [2.24, 2.45) is 0 Å². The van der Waals surface area contributed by atoms with Crippen LogP contribution < -0.4 is 15.0 Å². The Labute approximate surface area is 168 Å². The zero-order valence-corrected chi connectivity index (χ0v) is 16.9. The van der Waals surface area contributed by atoms with Crippen LogP contribution in [0.5, 0.6) is 6.01 Å². The van der Waals surface area contributed by atoms with Crippen molar-refractivity contribution in [2.75, 3.05) is 23.3 Å². The molecule has 27 heavy (non-hydrogen) atoms. The summed E-state index contributed by atoms with van der Waals surface area (Å²) >= 11 is 2.03. The molecule has 0 radical (unpaired) electrons. The summed E-state index contributed by atoms with van der Waals surface area (Å²) in [6.45, 7) is 3.44. The second-order valence-corrected chi connectivity index (χ2v) is 7.56. The lowest BCUT2D eigenvalue weighted by Gasteiger charge is -2.21. The van der Waals surface area contributed by atoms with Crippen LogP contribution in [0.2, 0.25) is 0 Å². The molecule has 2 aromatic heterocycles. The first-order valence-electron chi connectivity index (χ1n) is 8.32. The van der Waals surface area contributed by atoms with Crippen molar-refractivity contribution in [2.45, 2.75) is 32.3 Å². The lowest BCUT2D eigenvalue weighted by atomic mass is 10.3. The summed E-state index contributed by atoms with van der Waals surface area (Å²) in [5, 5.41) is 2.74. The van der Waals surface area contributed by atoms with Gasteiger partial charge in [0.25, 0.3) is 11.8 Å². The summed E-state index contributed by atoms with van der Waals surface area (Å²) < 4.78 is 33.2. The van der Waals surface area contributed by atoms with Crippen LogP contribution in [-0.2, 0) is 0 Å². The van der Waals surface area contributed by atoms with Gasteiger partial charge in [-0.2, -0.15) is 0 Å². The molecule has 1 saturated heterocycles. The number of alkyl halides is 2. The molecule has 3 heterocycles. The number of hydrogen-bond acceptors (Lipinski definition) is 6. The van der Waals surface area contributed by atoms with E-state index in [1.165, 1.54) is 23.5 Å². The van der Waals surface area contributed by atoms with Crippen molar-refractivity contribution < 1.29 is 18.3 Å². The third-order valence-electron chi connectivity index (χ3n) is 3.82. The molecule has 1 aliphatic rings. The molecular formula is C17H18F2IN5O2.